The van der Waals surface area contributed by atoms with Gasteiger partial charge in [-0.15, -0.1) is 5.10 Å². The van der Waals surface area contributed by atoms with Gasteiger partial charge in [0.15, 0.2) is 5.82 Å². The molecule has 0 atom stereocenters. The summed E-state index contributed by atoms with van der Waals surface area (Å²) in [7, 11) is 0. The van der Waals surface area contributed by atoms with Gasteiger partial charge in [0.05, 0.1) is 17.4 Å². The molecular formula is C23H22N6O2. The highest BCUT2D eigenvalue weighted by molar-refractivity contribution is 5.92. The average molecular weight is 414 g/mol. The van der Waals surface area contributed by atoms with E-state index in [9.17, 15) is 9.90 Å². The van der Waals surface area contributed by atoms with Crippen molar-refractivity contribution in [2.24, 2.45) is 0 Å². The molecule has 2 aromatic carbocycles. The second kappa shape index (κ2) is 8.06. The zero-order valence-electron chi connectivity index (χ0n) is 16.8. The highest BCUT2D eigenvalue weighted by Gasteiger charge is 2.23. The summed E-state index contributed by atoms with van der Waals surface area (Å²) in [5.74, 6) is 1.70. The van der Waals surface area contributed by atoms with Crippen molar-refractivity contribution in [1.29, 1.82) is 0 Å². The van der Waals surface area contributed by atoms with Crippen LogP contribution < -0.4 is 5.32 Å². The lowest BCUT2D eigenvalue weighted by molar-refractivity contribution is 0.132. The number of benzene rings is 2. The Kier molecular flexibility index (Phi) is 4.95. The minimum atomic E-state index is -0.835. The molecule has 1 saturated heterocycles. The monoisotopic (exact) mass is 414 g/mol. The molecule has 1 aliphatic rings. The van der Waals surface area contributed by atoms with Gasteiger partial charge in [-0.1, -0.05) is 24.3 Å². The molecule has 1 amide bonds. The van der Waals surface area contributed by atoms with Crippen molar-refractivity contribution in [3.63, 3.8) is 0 Å². The number of aromatic nitrogens is 4. The molecule has 1 aliphatic heterocycles. The van der Waals surface area contributed by atoms with Gasteiger partial charge in [-0.3, -0.25) is 4.98 Å². The molecule has 0 saturated carbocycles. The Hall–Kier alpha value is -3.94. The van der Waals surface area contributed by atoms with Crippen LogP contribution in [0.4, 0.5) is 16.4 Å². The van der Waals surface area contributed by atoms with Gasteiger partial charge in [-0.05, 0) is 48.6 Å². The Labute approximate surface area is 179 Å². The first-order valence-electron chi connectivity index (χ1n) is 10.3. The second-order valence-corrected chi connectivity index (χ2v) is 7.63. The maximum absolute atomic E-state index is 11.2. The molecule has 8 nitrogen and oxygen atoms in total. The minimum absolute atomic E-state index is 0.342. The fraction of sp³-hybridized carbons (Fsp3) is 0.217. The SMILES string of the molecule is O=C(O)N1CCC(c2cccc(-n3nc(Nc4cnccn4)c4ccccc43)c2)CC1. The van der Waals surface area contributed by atoms with Crippen LogP contribution in [0.5, 0.6) is 0 Å². The Morgan fingerprint density at radius 3 is 2.68 bits per heavy atom. The highest BCUT2D eigenvalue weighted by atomic mass is 16.4. The van der Waals surface area contributed by atoms with Gasteiger partial charge < -0.3 is 15.3 Å². The average Bonchev–Trinajstić information content (AvgIpc) is 3.18. The van der Waals surface area contributed by atoms with Crippen molar-refractivity contribution >= 4 is 28.6 Å². The molecule has 2 aromatic heterocycles. The van der Waals surface area contributed by atoms with E-state index < -0.39 is 6.09 Å². The first-order valence-corrected chi connectivity index (χ1v) is 10.3. The molecule has 31 heavy (non-hydrogen) atoms. The quantitative estimate of drug-likeness (QED) is 0.513. The molecule has 0 bridgehead atoms. The van der Waals surface area contributed by atoms with Crippen molar-refractivity contribution in [1.82, 2.24) is 24.6 Å². The number of piperidine rings is 1. The first kappa shape index (κ1) is 19.0. The third kappa shape index (κ3) is 3.79. The number of carboxylic acid groups (broad SMARTS) is 1. The van der Waals surface area contributed by atoms with E-state index in [2.05, 4.69) is 27.4 Å². The maximum atomic E-state index is 11.2. The fourth-order valence-corrected chi connectivity index (χ4v) is 4.16. The number of fused-ring (bicyclic) bond motifs is 1. The van der Waals surface area contributed by atoms with Crippen LogP contribution in [0.25, 0.3) is 16.6 Å². The van der Waals surface area contributed by atoms with Crippen molar-refractivity contribution in [3.05, 3.63) is 72.7 Å². The number of carbonyl (C=O) groups is 1. The Morgan fingerprint density at radius 1 is 1.06 bits per heavy atom. The van der Waals surface area contributed by atoms with Crippen LogP contribution in [0.15, 0.2) is 67.1 Å². The summed E-state index contributed by atoms with van der Waals surface area (Å²) >= 11 is 0. The van der Waals surface area contributed by atoms with Gasteiger partial charge in [-0.25, -0.2) is 14.5 Å². The van der Waals surface area contributed by atoms with E-state index in [0.717, 1.165) is 35.2 Å². The number of rotatable bonds is 4. The lowest BCUT2D eigenvalue weighted by Crippen LogP contribution is -2.36. The fourth-order valence-electron chi connectivity index (χ4n) is 4.16. The zero-order valence-corrected chi connectivity index (χ0v) is 16.8. The van der Waals surface area contributed by atoms with Crippen LogP contribution in [0.3, 0.4) is 0 Å². The molecule has 2 N–H and O–H groups in total. The number of nitrogens with zero attached hydrogens (tertiary/aromatic N) is 5. The minimum Gasteiger partial charge on any atom is -0.465 e. The first-order chi connectivity index (χ1) is 15.2. The summed E-state index contributed by atoms with van der Waals surface area (Å²) in [5, 5.41) is 18.3. The summed E-state index contributed by atoms with van der Waals surface area (Å²) in [6.45, 7) is 1.14. The van der Waals surface area contributed by atoms with Crippen LogP contribution in [0.1, 0.15) is 24.3 Å². The standard InChI is InChI=1S/C23H22N6O2/c30-23(31)28-12-8-16(9-13-28)17-4-3-5-18(14-17)29-20-7-2-1-6-19(20)22(27-29)26-21-15-24-10-11-25-21/h1-7,10-11,14-16H,8-9,12-13H2,(H,30,31)(H,25,26,27). The maximum Gasteiger partial charge on any atom is 0.407 e. The van der Waals surface area contributed by atoms with Crippen molar-refractivity contribution in [3.8, 4) is 5.69 Å². The van der Waals surface area contributed by atoms with Crippen LogP contribution in [-0.2, 0) is 0 Å². The van der Waals surface area contributed by atoms with Crippen molar-refractivity contribution in [2.45, 2.75) is 18.8 Å². The van der Waals surface area contributed by atoms with Gasteiger partial charge in [0.1, 0.15) is 5.82 Å². The third-order valence-corrected chi connectivity index (χ3v) is 5.75. The molecule has 0 aliphatic carbocycles. The molecule has 8 heteroatoms. The predicted molar refractivity (Wildman–Crippen MR) is 118 cm³/mol. The molecule has 3 heterocycles. The van der Waals surface area contributed by atoms with Crippen LogP contribution in [0.2, 0.25) is 0 Å². The van der Waals surface area contributed by atoms with Gasteiger partial charge >= 0.3 is 6.09 Å². The number of para-hydroxylation sites is 1. The topological polar surface area (TPSA) is 96.2 Å². The van der Waals surface area contributed by atoms with Gasteiger partial charge in [0.2, 0.25) is 0 Å². The summed E-state index contributed by atoms with van der Waals surface area (Å²) in [4.78, 5) is 21.1. The molecule has 156 valence electrons. The molecule has 1 fully saturated rings. The van der Waals surface area contributed by atoms with Crippen LogP contribution in [-0.4, -0.2) is 48.9 Å². The van der Waals surface area contributed by atoms with Crippen LogP contribution in [0, 0.1) is 0 Å². The molecule has 0 unspecified atom stereocenters. The van der Waals surface area contributed by atoms with Gasteiger partial charge in [-0.2, -0.15) is 0 Å². The van der Waals surface area contributed by atoms with Crippen molar-refractivity contribution in [2.75, 3.05) is 18.4 Å². The number of amides is 1. The second-order valence-electron chi connectivity index (χ2n) is 7.63. The number of likely N-dealkylation sites (tertiary alicyclic amines) is 1. The van der Waals surface area contributed by atoms with E-state index >= 15 is 0 Å². The van der Waals surface area contributed by atoms with E-state index in [4.69, 9.17) is 5.10 Å². The number of nitrogens with one attached hydrogen (secondary N) is 1. The zero-order chi connectivity index (χ0) is 21.2. The third-order valence-electron chi connectivity index (χ3n) is 5.75. The van der Waals surface area contributed by atoms with Gasteiger partial charge in [0.25, 0.3) is 0 Å². The molecule has 5 rings (SSSR count). The largest absolute Gasteiger partial charge is 0.465 e. The van der Waals surface area contributed by atoms with Crippen molar-refractivity contribution < 1.29 is 9.90 Å². The normalized spacial score (nSPS) is 14.6. The summed E-state index contributed by atoms with van der Waals surface area (Å²) in [6, 6.07) is 16.4. The van der Waals surface area contributed by atoms with E-state index in [-0.39, 0.29) is 0 Å². The van der Waals surface area contributed by atoms with E-state index in [0.29, 0.717) is 24.8 Å². The molecule has 0 spiro atoms. The molecular weight excluding hydrogens is 392 g/mol. The smallest absolute Gasteiger partial charge is 0.407 e. The Morgan fingerprint density at radius 2 is 1.90 bits per heavy atom. The molecule has 0 radical (unpaired) electrons. The van der Waals surface area contributed by atoms with E-state index in [1.807, 2.05) is 41.1 Å². The highest BCUT2D eigenvalue weighted by Crippen LogP contribution is 2.31. The Bertz CT molecular complexity index is 1220. The van der Waals surface area contributed by atoms with E-state index in [1.165, 1.54) is 10.5 Å². The number of anilines is 2. The summed E-state index contributed by atoms with van der Waals surface area (Å²) < 4.78 is 1.93. The Balaban J connectivity index is 1.47. The lowest BCUT2D eigenvalue weighted by Gasteiger charge is -2.30. The number of hydrogen-bond donors (Lipinski definition) is 2. The lowest BCUT2D eigenvalue weighted by atomic mass is 9.89. The summed E-state index contributed by atoms with van der Waals surface area (Å²) in [5.41, 5.74) is 3.18. The van der Waals surface area contributed by atoms with Crippen LogP contribution >= 0.6 is 0 Å². The number of hydrogen-bond acceptors (Lipinski definition) is 5. The predicted octanol–water partition coefficient (Wildman–Crippen LogP) is 4.42. The van der Waals surface area contributed by atoms with E-state index in [1.54, 1.807) is 18.6 Å². The summed E-state index contributed by atoms with van der Waals surface area (Å²) in [6.07, 6.45) is 5.76. The van der Waals surface area contributed by atoms with Gasteiger partial charge in [0, 0.05) is 30.9 Å². The molecule has 4 aromatic rings.